The number of likely N-dealkylation sites (tertiary alicyclic amines) is 1. The second kappa shape index (κ2) is 9.85. The number of carbonyl (C=O) groups is 2. The van der Waals surface area contributed by atoms with Crippen molar-refractivity contribution in [3.63, 3.8) is 0 Å². The largest absolute Gasteiger partial charge is 0.352 e. The standard InChI is InChI=1S/C22H26BrN3O2/c1-16(21(27)25-20-9-7-19(23)8-10-20)26-13-11-18(12-14-26)22(28)24-15-17-5-3-2-4-6-17/h2-10,16,18H,11-15H2,1H3,(H,24,28)(H,25,27)/t16-/m0/s1. The van der Waals surface area contributed by atoms with Crippen LogP contribution in [-0.4, -0.2) is 35.8 Å². The molecule has 1 aliphatic heterocycles. The maximum absolute atomic E-state index is 12.5. The van der Waals surface area contributed by atoms with E-state index in [4.69, 9.17) is 0 Å². The highest BCUT2D eigenvalue weighted by atomic mass is 79.9. The zero-order valence-electron chi connectivity index (χ0n) is 16.0. The van der Waals surface area contributed by atoms with Crippen LogP contribution in [0, 0.1) is 5.92 Å². The number of hydrogen-bond acceptors (Lipinski definition) is 3. The van der Waals surface area contributed by atoms with E-state index >= 15 is 0 Å². The number of rotatable bonds is 6. The Hall–Kier alpha value is -2.18. The highest BCUT2D eigenvalue weighted by Gasteiger charge is 2.29. The summed E-state index contributed by atoms with van der Waals surface area (Å²) in [6.07, 6.45) is 1.55. The van der Waals surface area contributed by atoms with Crippen LogP contribution in [0.5, 0.6) is 0 Å². The van der Waals surface area contributed by atoms with E-state index < -0.39 is 0 Å². The average molecular weight is 444 g/mol. The summed E-state index contributed by atoms with van der Waals surface area (Å²) in [7, 11) is 0. The Kier molecular flexibility index (Phi) is 7.23. The van der Waals surface area contributed by atoms with Gasteiger partial charge in [-0.15, -0.1) is 0 Å². The maximum Gasteiger partial charge on any atom is 0.241 e. The lowest BCUT2D eigenvalue weighted by Gasteiger charge is -2.34. The molecule has 0 spiro atoms. The number of nitrogens with zero attached hydrogens (tertiary/aromatic N) is 1. The van der Waals surface area contributed by atoms with E-state index in [0.717, 1.165) is 41.7 Å². The van der Waals surface area contributed by atoms with Gasteiger partial charge in [0.2, 0.25) is 11.8 Å². The quantitative estimate of drug-likeness (QED) is 0.713. The van der Waals surface area contributed by atoms with Crippen molar-refractivity contribution < 1.29 is 9.59 Å². The fraction of sp³-hybridized carbons (Fsp3) is 0.364. The Morgan fingerprint density at radius 2 is 1.71 bits per heavy atom. The van der Waals surface area contributed by atoms with Gasteiger partial charge in [-0.2, -0.15) is 0 Å². The number of nitrogens with one attached hydrogen (secondary N) is 2. The fourth-order valence-corrected chi connectivity index (χ4v) is 3.69. The summed E-state index contributed by atoms with van der Waals surface area (Å²) in [6, 6.07) is 17.3. The number of piperidine rings is 1. The van der Waals surface area contributed by atoms with E-state index in [0.29, 0.717) is 6.54 Å². The van der Waals surface area contributed by atoms with E-state index in [1.54, 1.807) is 0 Å². The summed E-state index contributed by atoms with van der Waals surface area (Å²) in [5, 5.41) is 5.99. The summed E-state index contributed by atoms with van der Waals surface area (Å²) in [6.45, 7) is 3.98. The molecule has 1 fully saturated rings. The third kappa shape index (κ3) is 5.66. The fourth-order valence-electron chi connectivity index (χ4n) is 3.42. The maximum atomic E-state index is 12.5. The van der Waals surface area contributed by atoms with Crippen molar-refractivity contribution in [1.29, 1.82) is 0 Å². The normalized spacial score (nSPS) is 16.4. The third-order valence-corrected chi connectivity index (χ3v) is 5.78. The van der Waals surface area contributed by atoms with E-state index in [-0.39, 0.29) is 23.8 Å². The minimum atomic E-state index is -0.225. The van der Waals surface area contributed by atoms with Crippen LogP contribution < -0.4 is 10.6 Å². The highest BCUT2D eigenvalue weighted by Crippen LogP contribution is 2.20. The Balaban J connectivity index is 1.44. The first kappa shape index (κ1) is 20.6. The van der Waals surface area contributed by atoms with E-state index in [2.05, 4.69) is 31.5 Å². The molecule has 0 saturated carbocycles. The summed E-state index contributed by atoms with van der Waals surface area (Å²) in [5.74, 6) is 0.103. The van der Waals surface area contributed by atoms with Gasteiger partial charge in [-0.05, 0) is 62.7 Å². The Labute approximate surface area is 174 Å². The predicted molar refractivity (Wildman–Crippen MR) is 115 cm³/mol. The van der Waals surface area contributed by atoms with Crippen molar-refractivity contribution in [2.75, 3.05) is 18.4 Å². The number of anilines is 1. The monoisotopic (exact) mass is 443 g/mol. The van der Waals surface area contributed by atoms with Gasteiger partial charge >= 0.3 is 0 Å². The van der Waals surface area contributed by atoms with Gasteiger partial charge < -0.3 is 10.6 Å². The number of amides is 2. The first-order chi connectivity index (χ1) is 13.5. The Bertz CT molecular complexity index is 787. The van der Waals surface area contributed by atoms with Crippen LogP contribution in [0.3, 0.4) is 0 Å². The lowest BCUT2D eigenvalue weighted by molar-refractivity contribution is -0.127. The lowest BCUT2D eigenvalue weighted by atomic mass is 9.94. The molecule has 0 aliphatic carbocycles. The molecule has 148 valence electrons. The molecule has 28 heavy (non-hydrogen) atoms. The van der Waals surface area contributed by atoms with Gasteiger partial charge in [-0.1, -0.05) is 46.3 Å². The average Bonchev–Trinajstić information content (AvgIpc) is 2.74. The van der Waals surface area contributed by atoms with Crippen LogP contribution in [0.25, 0.3) is 0 Å². The molecule has 0 unspecified atom stereocenters. The van der Waals surface area contributed by atoms with Crippen molar-refractivity contribution in [2.45, 2.75) is 32.4 Å². The van der Waals surface area contributed by atoms with Crippen LogP contribution in [0.15, 0.2) is 59.1 Å². The topological polar surface area (TPSA) is 61.4 Å². The SMILES string of the molecule is C[C@@H](C(=O)Nc1ccc(Br)cc1)N1CCC(C(=O)NCc2ccccc2)CC1. The molecule has 2 N–H and O–H groups in total. The van der Waals surface area contributed by atoms with Crippen LogP contribution in [0.2, 0.25) is 0 Å². The van der Waals surface area contributed by atoms with Gasteiger partial charge in [0, 0.05) is 22.6 Å². The summed E-state index contributed by atoms with van der Waals surface area (Å²) < 4.78 is 0.978. The van der Waals surface area contributed by atoms with E-state index in [1.165, 1.54) is 0 Å². The van der Waals surface area contributed by atoms with Crippen LogP contribution in [0.1, 0.15) is 25.3 Å². The molecule has 1 heterocycles. The zero-order valence-corrected chi connectivity index (χ0v) is 17.6. The summed E-state index contributed by atoms with van der Waals surface area (Å²) >= 11 is 3.39. The second-order valence-corrected chi connectivity index (χ2v) is 8.10. The first-order valence-electron chi connectivity index (χ1n) is 9.65. The molecule has 1 saturated heterocycles. The van der Waals surface area contributed by atoms with Crippen molar-refractivity contribution >= 4 is 33.4 Å². The first-order valence-corrected chi connectivity index (χ1v) is 10.4. The van der Waals surface area contributed by atoms with Crippen molar-refractivity contribution in [2.24, 2.45) is 5.92 Å². The molecule has 0 bridgehead atoms. The molecular weight excluding hydrogens is 418 g/mol. The van der Waals surface area contributed by atoms with Crippen molar-refractivity contribution in [3.05, 3.63) is 64.6 Å². The minimum absolute atomic E-state index is 0.0155. The molecule has 6 heteroatoms. The third-order valence-electron chi connectivity index (χ3n) is 5.25. The molecule has 3 rings (SSSR count). The van der Waals surface area contributed by atoms with Crippen LogP contribution in [-0.2, 0) is 16.1 Å². The second-order valence-electron chi connectivity index (χ2n) is 7.19. The number of hydrogen-bond donors (Lipinski definition) is 2. The molecule has 1 aliphatic rings. The molecule has 2 aromatic carbocycles. The van der Waals surface area contributed by atoms with Gasteiger partial charge in [0.15, 0.2) is 0 Å². The van der Waals surface area contributed by atoms with Gasteiger partial charge in [0.25, 0.3) is 0 Å². The zero-order chi connectivity index (χ0) is 19.9. The van der Waals surface area contributed by atoms with E-state index in [9.17, 15) is 9.59 Å². The molecule has 5 nitrogen and oxygen atoms in total. The Morgan fingerprint density at radius 1 is 1.07 bits per heavy atom. The predicted octanol–water partition coefficient (Wildman–Crippen LogP) is 3.80. The summed E-state index contributed by atoms with van der Waals surface area (Å²) in [4.78, 5) is 27.1. The van der Waals surface area contributed by atoms with Crippen LogP contribution in [0.4, 0.5) is 5.69 Å². The van der Waals surface area contributed by atoms with Gasteiger partial charge in [-0.25, -0.2) is 0 Å². The number of halogens is 1. The van der Waals surface area contributed by atoms with Gasteiger partial charge in [-0.3, -0.25) is 14.5 Å². The Morgan fingerprint density at radius 3 is 2.36 bits per heavy atom. The molecule has 2 aromatic rings. The molecule has 2 amide bonds. The van der Waals surface area contributed by atoms with E-state index in [1.807, 2.05) is 61.5 Å². The molecule has 0 radical (unpaired) electrons. The molecule has 0 aromatic heterocycles. The summed E-state index contributed by atoms with van der Waals surface area (Å²) in [5.41, 5.74) is 1.89. The molecular formula is C22H26BrN3O2. The lowest BCUT2D eigenvalue weighted by Crippen LogP contribution is -2.48. The minimum Gasteiger partial charge on any atom is -0.352 e. The number of benzene rings is 2. The van der Waals surface area contributed by atoms with Crippen LogP contribution >= 0.6 is 15.9 Å². The van der Waals surface area contributed by atoms with Gasteiger partial charge in [0.05, 0.1) is 6.04 Å². The van der Waals surface area contributed by atoms with Crippen molar-refractivity contribution in [3.8, 4) is 0 Å². The highest BCUT2D eigenvalue weighted by molar-refractivity contribution is 9.10. The number of carbonyl (C=O) groups excluding carboxylic acids is 2. The van der Waals surface area contributed by atoms with Gasteiger partial charge in [0.1, 0.15) is 0 Å². The van der Waals surface area contributed by atoms with Crippen molar-refractivity contribution in [1.82, 2.24) is 10.2 Å². The smallest absolute Gasteiger partial charge is 0.241 e. The molecule has 1 atom stereocenters.